The summed E-state index contributed by atoms with van der Waals surface area (Å²) in [4.78, 5) is 33.1. The summed E-state index contributed by atoms with van der Waals surface area (Å²) in [6.07, 6.45) is 9.44. The van der Waals surface area contributed by atoms with Gasteiger partial charge < -0.3 is 20.4 Å². The zero-order valence-electron chi connectivity index (χ0n) is 17.0. The Morgan fingerprint density at radius 1 is 1.11 bits per heavy atom. The lowest BCUT2D eigenvalue weighted by atomic mass is 10.1. The van der Waals surface area contributed by atoms with Gasteiger partial charge in [0.05, 0.1) is 11.9 Å². The number of aromatic nitrogens is 1. The molecular formula is C21H33N5O2. The van der Waals surface area contributed by atoms with E-state index in [4.69, 9.17) is 0 Å². The standard InChI is InChI=1S/C21H33N5O2/c1-2-3-6-11-22-21(28)24-18-9-10-19(23-16-18)25-12-14-26(15-13-25)20(27)17-7-4-5-8-17/h9-10,16-17H,2-8,11-15H2,1H3,(H2,22,24,28). The Morgan fingerprint density at radius 2 is 1.86 bits per heavy atom. The van der Waals surface area contributed by atoms with Gasteiger partial charge in [-0.15, -0.1) is 0 Å². The van der Waals surface area contributed by atoms with E-state index in [1.165, 1.54) is 12.8 Å². The summed E-state index contributed by atoms with van der Waals surface area (Å²) >= 11 is 0. The molecule has 2 fully saturated rings. The van der Waals surface area contributed by atoms with E-state index in [1.54, 1.807) is 6.20 Å². The smallest absolute Gasteiger partial charge is 0.319 e. The Labute approximate surface area is 167 Å². The van der Waals surface area contributed by atoms with Crippen molar-refractivity contribution >= 4 is 23.4 Å². The van der Waals surface area contributed by atoms with Crippen LogP contribution in [0, 0.1) is 5.92 Å². The number of urea groups is 1. The molecule has 3 amide bonds. The summed E-state index contributed by atoms with van der Waals surface area (Å²) in [5, 5.41) is 5.67. The maximum absolute atomic E-state index is 12.5. The summed E-state index contributed by atoms with van der Waals surface area (Å²) in [7, 11) is 0. The number of hydrogen-bond donors (Lipinski definition) is 2. The van der Waals surface area contributed by atoms with Gasteiger partial charge in [0.1, 0.15) is 5.82 Å². The second-order valence-electron chi connectivity index (χ2n) is 7.79. The first kappa shape index (κ1) is 20.4. The van der Waals surface area contributed by atoms with Crippen LogP contribution in [0.25, 0.3) is 0 Å². The van der Waals surface area contributed by atoms with Crippen LogP contribution in [0.3, 0.4) is 0 Å². The van der Waals surface area contributed by atoms with Gasteiger partial charge in [0, 0.05) is 38.6 Å². The van der Waals surface area contributed by atoms with Gasteiger partial charge in [-0.2, -0.15) is 0 Å². The summed E-state index contributed by atoms with van der Waals surface area (Å²) in [6.45, 7) is 5.95. The Bertz CT molecular complexity index is 635. The van der Waals surface area contributed by atoms with Gasteiger partial charge in [0.15, 0.2) is 0 Å². The molecule has 0 atom stereocenters. The monoisotopic (exact) mass is 387 g/mol. The number of anilines is 2. The van der Waals surface area contributed by atoms with Crippen molar-refractivity contribution in [3.63, 3.8) is 0 Å². The molecule has 2 N–H and O–H groups in total. The third-order valence-corrected chi connectivity index (χ3v) is 5.69. The van der Waals surface area contributed by atoms with Crippen LogP contribution >= 0.6 is 0 Å². The average molecular weight is 388 g/mol. The molecule has 7 nitrogen and oxygen atoms in total. The molecule has 2 heterocycles. The van der Waals surface area contributed by atoms with Crippen LogP contribution in [-0.4, -0.2) is 54.5 Å². The zero-order chi connectivity index (χ0) is 19.8. The van der Waals surface area contributed by atoms with E-state index in [1.807, 2.05) is 17.0 Å². The molecule has 1 aromatic rings. The van der Waals surface area contributed by atoms with Crippen molar-refractivity contribution in [2.45, 2.75) is 51.9 Å². The summed E-state index contributed by atoms with van der Waals surface area (Å²) < 4.78 is 0. The maximum atomic E-state index is 12.5. The van der Waals surface area contributed by atoms with Crippen molar-refractivity contribution in [2.75, 3.05) is 42.9 Å². The van der Waals surface area contributed by atoms with E-state index in [-0.39, 0.29) is 11.9 Å². The van der Waals surface area contributed by atoms with Crippen LogP contribution in [0.1, 0.15) is 51.9 Å². The number of carbonyl (C=O) groups is 2. The Balaban J connectivity index is 1.43. The van der Waals surface area contributed by atoms with Gasteiger partial charge in [-0.1, -0.05) is 32.6 Å². The fraction of sp³-hybridized carbons (Fsp3) is 0.667. The second-order valence-corrected chi connectivity index (χ2v) is 7.79. The molecule has 1 aliphatic carbocycles. The lowest BCUT2D eigenvalue weighted by Crippen LogP contribution is -2.50. The molecule has 3 rings (SSSR count). The largest absolute Gasteiger partial charge is 0.353 e. The Morgan fingerprint density at radius 3 is 2.50 bits per heavy atom. The molecule has 1 saturated heterocycles. The molecule has 0 spiro atoms. The minimum Gasteiger partial charge on any atom is -0.353 e. The number of rotatable bonds is 7. The van der Waals surface area contributed by atoms with Crippen molar-refractivity contribution in [3.8, 4) is 0 Å². The van der Waals surface area contributed by atoms with E-state index in [0.29, 0.717) is 18.1 Å². The molecule has 1 aliphatic heterocycles. The minimum atomic E-state index is -0.190. The lowest BCUT2D eigenvalue weighted by Gasteiger charge is -2.36. The average Bonchev–Trinajstić information content (AvgIpc) is 3.26. The van der Waals surface area contributed by atoms with Gasteiger partial charge in [-0.05, 0) is 31.4 Å². The highest BCUT2D eigenvalue weighted by Gasteiger charge is 2.29. The first-order valence-electron chi connectivity index (χ1n) is 10.7. The molecule has 28 heavy (non-hydrogen) atoms. The molecule has 0 unspecified atom stereocenters. The van der Waals surface area contributed by atoms with Gasteiger partial charge in [0.25, 0.3) is 0 Å². The molecule has 7 heteroatoms. The van der Waals surface area contributed by atoms with Crippen LogP contribution in [-0.2, 0) is 4.79 Å². The molecular weight excluding hydrogens is 354 g/mol. The maximum Gasteiger partial charge on any atom is 0.319 e. The van der Waals surface area contributed by atoms with Gasteiger partial charge >= 0.3 is 6.03 Å². The van der Waals surface area contributed by atoms with Gasteiger partial charge in [0.2, 0.25) is 5.91 Å². The highest BCUT2D eigenvalue weighted by Crippen LogP contribution is 2.27. The highest BCUT2D eigenvalue weighted by molar-refractivity contribution is 5.89. The Hall–Kier alpha value is -2.31. The molecule has 0 aromatic carbocycles. The summed E-state index contributed by atoms with van der Waals surface area (Å²) in [5.41, 5.74) is 0.687. The first-order valence-corrected chi connectivity index (χ1v) is 10.7. The minimum absolute atomic E-state index is 0.190. The highest BCUT2D eigenvalue weighted by atomic mass is 16.2. The van der Waals surface area contributed by atoms with E-state index >= 15 is 0 Å². The van der Waals surface area contributed by atoms with E-state index in [2.05, 4.69) is 27.4 Å². The third kappa shape index (κ3) is 5.59. The van der Waals surface area contributed by atoms with E-state index in [0.717, 1.165) is 64.1 Å². The molecule has 1 aromatic heterocycles. The number of nitrogens with one attached hydrogen (secondary N) is 2. The predicted molar refractivity (Wildman–Crippen MR) is 112 cm³/mol. The van der Waals surface area contributed by atoms with Crippen LogP contribution in [0.5, 0.6) is 0 Å². The van der Waals surface area contributed by atoms with Crippen LogP contribution < -0.4 is 15.5 Å². The topological polar surface area (TPSA) is 77.6 Å². The fourth-order valence-corrected chi connectivity index (χ4v) is 3.99. The van der Waals surface area contributed by atoms with Crippen LogP contribution in [0.15, 0.2) is 18.3 Å². The van der Waals surface area contributed by atoms with Crippen molar-refractivity contribution in [3.05, 3.63) is 18.3 Å². The quantitative estimate of drug-likeness (QED) is 0.704. The van der Waals surface area contributed by atoms with Crippen molar-refractivity contribution in [1.29, 1.82) is 0 Å². The molecule has 0 bridgehead atoms. The fourth-order valence-electron chi connectivity index (χ4n) is 3.99. The second kappa shape index (κ2) is 10.3. The third-order valence-electron chi connectivity index (χ3n) is 5.69. The van der Waals surface area contributed by atoms with Crippen molar-refractivity contribution in [1.82, 2.24) is 15.2 Å². The normalized spacial score (nSPS) is 17.6. The lowest BCUT2D eigenvalue weighted by molar-refractivity contribution is -0.135. The first-order chi connectivity index (χ1) is 13.7. The SMILES string of the molecule is CCCCCNC(=O)Nc1ccc(N2CCN(C(=O)C3CCCC3)CC2)nc1. The number of hydrogen-bond acceptors (Lipinski definition) is 4. The summed E-state index contributed by atoms with van der Waals surface area (Å²) in [5.74, 6) is 1.49. The van der Waals surface area contributed by atoms with E-state index < -0.39 is 0 Å². The van der Waals surface area contributed by atoms with Gasteiger partial charge in [-0.3, -0.25) is 4.79 Å². The van der Waals surface area contributed by atoms with Gasteiger partial charge in [-0.25, -0.2) is 9.78 Å². The number of amides is 3. The number of nitrogens with zero attached hydrogens (tertiary/aromatic N) is 3. The van der Waals surface area contributed by atoms with Crippen molar-refractivity contribution < 1.29 is 9.59 Å². The molecule has 1 saturated carbocycles. The zero-order valence-corrected chi connectivity index (χ0v) is 17.0. The van der Waals surface area contributed by atoms with E-state index in [9.17, 15) is 9.59 Å². The summed E-state index contributed by atoms with van der Waals surface area (Å²) in [6, 6.07) is 3.62. The Kier molecular flexibility index (Phi) is 7.51. The molecule has 0 radical (unpaired) electrons. The number of pyridine rings is 1. The van der Waals surface area contributed by atoms with Crippen LogP contribution in [0.2, 0.25) is 0 Å². The number of carbonyl (C=O) groups excluding carboxylic acids is 2. The van der Waals surface area contributed by atoms with Crippen molar-refractivity contribution in [2.24, 2.45) is 5.92 Å². The molecule has 154 valence electrons. The molecule has 2 aliphatic rings. The number of unbranched alkanes of at least 4 members (excludes halogenated alkanes) is 2. The van der Waals surface area contributed by atoms with Crippen LogP contribution in [0.4, 0.5) is 16.3 Å². The predicted octanol–water partition coefficient (Wildman–Crippen LogP) is 3.23. The number of piperazine rings is 1.